The van der Waals surface area contributed by atoms with E-state index in [2.05, 4.69) is 15.8 Å². The summed E-state index contributed by atoms with van der Waals surface area (Å²) in [4.78, 5) is 22.8. The predicted molar refractivity (Wildman–Crippen MR) is 84.5 cm³/mol. The van der Waals surface area contributed by atoms with E-state index in [1.165, 1.54) is 7.11 Å². The minimum absolute atomic E-state index is 0.184. The minimum Gasteiger partial charge on any atom is -0.495 e. The van der Waals surface area contributed by atoms with Crippen LogP contribution in [0.15, 0.2) is 17.2 Å². The number of halogens is 2. The van der Waals surface area contributed by atoms with Crippen molar-refractivity contribution >= 4 is 40.7 Å². The van der Waals surface area contributed by atoms with Crippen molar-refractivity contribution in [2.75, 3.05) is 13.7 Å². The van der Waals surface area contributed by atoms with Crippen LogP contribution in [0.25, 0.3) is 0 Å². The van der Waals surface area contributed by atoms with Crippen LogP contribution >= 0.6 is 23.2 Å². The summed E-state index contributed by atoms with van der Waals surface area (Å²) in [7, 11) is 1.51. The molecule has 0 saturated carbocycles. The summed E-state index contributed by atoms with van der Waals surface area (Å²) < 4.78 is 5.08. The third kappa shape index (κ3) is 4.11. The quantitative estimate of drug-likeness (QED) is 0.857. The van der Waals surface area contributed by atoms with Crippen LogP contribution in [-0.2, 0) is 16.0 Å². The molecule has 0 radical (unpaired) electrons. The number of nitrogens with one attached hydrogen (secondary N) is 2. The number of carbonyl (C=O) groups excluding carboxylic acids is 2. The number of rotatable bonds is 5. The molecule has 0 unspecified atom stereocenters. The van der Waals surface area contributed by atoms with Crippen molar-refractivity contribution < 1.29 is 14.3 Å². The van der Waals surface area contributed by atoms with Gasteiger partial charge in [0.2, 0.25) is 5.91 Å². The lowest BCUT2D eigenvalue weighted by molar-refractivity contribution is -0.121. The second-order valence-corrected chi connectivity index (χ2v) is 5.49. The molecule has 2 rings (SSSR count). The van der Waals surface area contributed by atoms with Gasteiger partial charge in [-0.25, -0.2) is 5.43 Å². The molecular formula is C14H15Cl2N3O3. The summed E-state index contributed by atoms with van der Waals surface area (Å²) >= 11 is 12.2. The largest absolute Gasteiger partial charge is 0.495 e. The number of nitrogens with zero attached hydrogens (tertiary/aromatic N) is 1. The Bertz CT molecular complexity index is 632. The summed E-state index contributed by atoms with van der Waals surface area (Å²) in [6.07, 6.45) is 1.13. The number of amides is 2. The predicted octanol–water partition coefficient (Wildman–Crippen LogP) is 1.93. The number of ether oxygens (including phenoxy) is 1. The van der Waals surface area contributed by atoms with Crippen LogP contribution in [0.1, 0.15) is 18.4 Å². The van der Waals surface area contributed by atoms with Crippen LogP contribution in [0, 0.1) is 0 Å². The van der Waals surface area contributed by atoms with Crippen molar-refractivity contribution in [2.45, 2.75) is 19.3 Å². The Balaban J connectivity index is 1.90. The number of benzene rings is 1. The van der Waals surface area contributed by atoms with Gasteiger partial charge in [0.15, 0.2) is 0 Å². The van der Waals surface area contributed by atoms with E-state index in [1.807, 2.05) is 0 Å². The first kappa shape index (κ1) is 16.6. The Morgan fingerprint density at radius 1 is 1.36 bits per heavy atom. The van der Waals surface area contributed by atoms with E-state index in [0.717, 1.165) is 5.56 Å². The second kappa shape index (κ2) is 7.47. The summed E-state index contributed by atoms with van der Waals surface area (Å²) in [5, 5.41) is 7.46. The molecule has 0 saturated heterocycles. The molecule has 0 aliphatic carbocycles. The average molecular weight is 344 g/mol. The standard InChI is InChI=1S/C14H15Cl2N3O3/c1-22-12-7-9(15)8(6-10(12)16)4-5-17-14(21)11-2-3-13(20)19-18-11/h6-7H,2-5H2,1H3,(H,17,21)(H,19,20). The van der Waals surface area contributed by atoms with Gasteiger partial charge < -0.3 is 10.1 Å². The van der Waals surface area contributed by atoms with Crippen LogP contribution in [0.3, 0.4) is 0 Å². The molecule has 0 spiro atoms. The van der Waals surface area contributed by atoms with E-state index in [4.69, 9.17) is 27.9 Å². The Morgan fingerprint density at radius 2 is 2.14 bits per heavy atom. The van der Waals surface area contributed by atoms with E-state index >= 15 is 0 Å². The Kier molecular flexibility index (Phi) is 5.63. The summed E-state index contributed by atoms with van der Waals surface area (Å²) in [5.74, 6) is 0.0266. The van der Waals surface area contributed by atoms with Crippen molar-refractivity contribution in [3.63, 3.8) is 0 Å². The highest BCUT2D eigenvalue weighted by Gasteiger charge is 2.18. The number of hydrazone groups is 1. The Morgan fingerprint density at radius 3 is 2.77 bits per heavy atom. The molecule has 0 fully saturated rings. The summed E-state index contributed by atoms with van der Waals surface area (Å²) in [5.41, 5.74) is 3.42. The maximum absolute atomic E-state index is 11.9. The van der Waals surface area contributed by atoms with Crippen LogP contribution in [0.5, 0.6) is 5.75 Å². The van der Waals surface area contributed by atoms with Crippen molar-refractivity contribution in [1.29, 1.82) is 0 Å². The fourth-order valence-corrected chi connectivity index (χ4v) is 2.48. The minimum atomic E-state index is -0.296. The zero-order valence-electron chi connectivity index (χ0n) is 11.9. The van der Waals surface area contributed by atoms with Gasteiger partial charge in [0.05, 0.1) is 12.1 Å². The molecule has 1 aliphatic rings. The Labute approximate surface area is 137 Å². The van der Waals surface area contributed by atoms with Crippen molar-refractivity contribution in [2.24, 2.45) is 5.10 Å². The van der Waals surface area contributed by atoms with Gasteiger partial charge >= 0.3 is 0 Å². The smallest absolute Gasteiger partial charge is 0.267 e. The molecule has 8 heteroatoms. The first-order valence-electron chi connectivity index (χ1n) is 6.66. The lowest BCUT2D eigenvalue weighted by atomic mass is 10.1. The van der Waals surface area contributed by atoms with Crippen LogP contribution in [0.2, 0.25) is 10.0 Å². The molecule has 1 aliphatic heterocycles. The Hall–Kier alpha value is -1.79. The summed E-state index contributed by atoms with van der Waals surface area (Å²) in [6.45, 7) is 0.383. The number of carbonyl (C=O) groups is 2. The van der Waals surface area contributed by atoms with E-state index in [1.54, 1.807) is 12.1 Å². The molecule has 0 aromatic heterocycles. The highest BCUT2D eigenvalue weighted by atomic mass is 35.5. The molecule has 2 amide bonds. The molecule has 0 atom stereocenters. The van der Waals surface area contributed by atoms with Crippen LogP contribution < -0.4 is 15.5 Å². The van der Waals surface area contributed by atoms with Gasteiger partial charge in [-0.1, -0.05) is 23.2 Å². The van der Waals surface area contributed by atoms with Crippen LogP contribution in [-0.4, -0.2) is 31.2 Å². The maximum Gasteiger partial charge on any atom is 0.267 e. The molecular weight excluding hydrogens is 329 g/mol. The number of hydrogen-bond donors (Lipinski definition) is 2. The second-order valence-electron chi connectivity index (χ2n) is 4.68. The highest BCUT2D eigenvalue weighted by Crippen LogP contribution is 2.30. The van der Waals surface area contributed by atoms with E-state index in [0.29, 0.717) is 40.9 Å². The van der Waals surface area contributed by atoms with E-state index in [9.17, 15) is 9.59 Å². The molecule has 2 N–H and O–H groups in total. The SMILES string of the molecule is COc1cc(Cl)c(CCNC(=O)C2=NNC(=O)CC2)cc1Cl. The van der Waals surface area contributed by atoms with E-state index < -0.39 is 0 Å². The number of hydrogen-bond acceptors (Lipinski definition) is 4. The first-order valence-corrected chi connectivity index (χ1v) is 7.42. The topological polar surface area (TPSA) is 79.8 Å². The molecule has 118 valence electrons. The molecule has 1 aromatic carbocycles. The zero-order chi connectivity index (χ0) is 16.1. The molecule has 6 nitrogen and oxygen atoms in total. The monoisotopic (exact) mass is 343 g/mol. The van der Waals surface area contributed by atoms with Gasteiger partial charge in [-0.3, -0.25) is 9.59 Å². The lowest BCUT2D eigenvalue weighted by Crippen LogP contribution is -2.37. The zero-order valence-corrected chi connectivity index (χ0v) is 13.4. The maximum atomic E-state index is 11.9. The lowest BCUT2D eigenvalue weighted by Gasteiger charge is -2.12. The van der Waals surface area contributed by atoms with Gasteiger partial charge in [-0.05, 0) is 18.1 Å². The van der Waals surface area contributed by atoms with Crippen molar-refractivity contribution in [3.8, 4) is 5.75 Å². The first-order chi connectivity index (χ1) is 10.5. The fraction of sp³-hybridized carbons (Fsp3) is 0.357. The van der Waals surface area contributed by atoms with Crippen molar-refractivity contribution in [1.82, 2.24) is 10.7 Å². The van der Waals surface area contributed by atoms with Crippen molar-refractivity contribution in [3.05, 3.63) is 27.7 Å². The van der Waals surface area contributed by atoms with Gasteiger partial charge in [0.25, 0.3) is 5.91 Å². The normalized spacial score (nSPS) is 14.1. The van der Waals surface area contributed by atoms with Crippen LogP contribution in [0.4, 0.5) is 0 Å². The van der Waals surface area contributed by atoms with E-state index in [-0.39, 0.29) is 18.2 Å². The van der Waals surface area contributed by atoms with Gasteiger partial charge in [-0.2, -0.15) is 5.10 Å². The number of methoxy groups -OCH3 is 1. The molecule has 1 heterocycles. The molecule has 1 aromatic rings. The third-order valence-corrected chi connectivity index (χ3v) is 3.81. The van der Waals surface area contributed by atoms with Gasteiger partial charge in [0, 0.05) is 30.5 Å². The van der Waals surface area contributed by atoms with Gasteiger partial charge in [-0.15, -0.1) is 0 Å². The summed E-state index contributed by atoms with van der Waals surface area (Å²) in [6, 6.07) is 3.36. The molecule has 22 heavy (non-hydrogen) atoms. The third-order valence-electron chi connectivity index (χ3n) is 3.17. The fourth-order valence-electron chi connectivity index (χ4n) is 1.97. The van der Waals surface area contributed by atoms with Gasteiger partial charge in [0.1, 0.15) is 11.5 Å². The highest BCUT2D eigenvalue weighted by molar-refractivity contribution is 6.39. The molecule has 0 bridgehead atoms. The average Bonchev–Trinajstić information content (AvgIpc) is 2.50.